The Labute approximate surface area is 268 Å². The third-order valence-corrected chi connectivity index (χ3v) is 8.15. The summed E-state index contributed by atoms with van der Waals surface area (Å²) >= 11 is 0. The molecule has 2 atom stereocenters. The van der Waals surface area contributed by atoms with E-state index in [1.807, 2.05) is 48.4 Å². The van der Waals surface area contributed by atoms with Gasteiger partial charge in [0.15, 0.2) is 0 Å². The van der Waals surface area contributed by atoms with Gasteiger partial charge < -0.3 is 10.6 Å². The Morgan fingerprint density at radius 1 is 1.04 bits per heavy atom. The molecule has 2 aliphatic heterocycles. The van der Waals surface area contributed by atoms with Crippen LogP contribution in [0.3, 0.4) is 0 Å². The Morgan fingerprint density at radius 3 is 2.49 bits per heavy atom. The van der Waals surface area contributed by atoms with Crippen molar-refractivity contribution >= 4 is 29.2 Å². The monoisotopic (exact) mass is 644 g/mol. The standard InChI is InChI=1S/C33H31F3N8O3/c1-4-43-31-25(19(2)41-44(31)23-11-6-5-7-12-23)26(20-9-8-10-22(17-20)38-29(45)21-14-16-42(3)18-21)27(32(43)47)40-30(46)28-37-15-13-24(39-28)33(34,35)36/h5-15,17,26-27H,4,16,18H2,1-3H3,(H,38,45)(H,40,46)/t26-,27+/m1/s1. The summed E-state index contributed by atoms with van der Waals surface area (Å²) in [6, 6.07) is 15.6. The highest BCUT2D eigenvalue weighted by molar-refractivity contribution is 6.06. The first-order chi connectivity index (χ1) is 22.5. The summed E-state index contributed by atoms with van der Waals surface area (Å²) in [6.07, 6.45) is -2.10. The van der Waals surface area contributed by atoms with Gasteiger partial charge in [-0.3, -0.25) is 24.2 Å². The molecule has 2 N–H and O–H groups in total. The lowest BCUT2D eigenvalue weighted by Gasteiger charge is -2.38. The van der Waals surface area contributed by atoms with Crippen molar-refractivity contribution in [1.29, 1.82) is 0 Å². The van der Waals surface area contributed by atoms with E-state index in [4.69, 9.17) is 5.10 Å². The van der Waals surface area contributed by atoms with Crippen LogP contribution in [0.15, 0.2) is 78.5 Å². The van der Waals surface area contributed by atoms with Crippen molar-refractivity contribution in [2.24, 2.45) is 0 Å². The predicted molar refractivity (Wildman–Crippen MR) is 167 cm³/mol. The van der Waals surface area contributed by atoms with Crippen LogP contribution in [0.1, 0.15) is 46.0 Å². The second-order valence-electron chi connectivity index (χ2n) is 11.4. The lowest BCUT2D eigenvalue weighted by molar-refractivity contribution is -0.141. The Balaban J connectivity index is 1.45. The molecule has 0 saturated carbocycles. The van der Waals surface area contributed by atoms with Gasteiger partial charge in [0.25, 0.3) is 17.7 Å². The van der Waals surface area contributed by atoms with Gasteiger partial charge in [-0.1, -0.05) is 36.4 Å². The van der Waals surface area contributed by atoms with Crippen LogP contribution in [0, 0.1) is 6.92 Å². The maximum Gasteiger partial charge on any atom is 0.433 e. The van der Waals surface area contributed by atoms with Crippen molar-refractivity contribution in [3.05, 3.63) is 107 Å². The van der Waals surface area contributed by atoms with Gasteiger partial charge in [0.05, 0.1) is 11.4 Å². The van der Waals surface area contributed by atoms with E-state index >= 15 is 0 Å². The van der Waals surface area contributed by atoms with E-state index in [9.17, 15) is 27.6 Å². The maximum absolute atomic E-state index is 14.3. The van der Waals surface area contributed by atoms with Crippen LogP contribution in [0.25, 0.3) is 5.69 Å². The minimum Gasteiger partial charge on any atom is -0.337 e. The van der Waals surface area contributed by atoms with Crippen LogP contribution < -0.4 is 15.5 Å². The van der Waals surface area contributed by atoms with E-state index in [1.165, 1.54) is 4.90 Å². The first kappa shape index (κ1) is 31.6. The number of anilines is 2. The second kappa shape index (κ2) is 12.4. The third kappa shape index (κ3) is 6.11. The number of carbonyl (C=O) groups excluding carboxylic acids is 3. The molecule has 0 radical (unpaired) electrons. The first-order valence-corrected chi connectivity index (χ1v) is 14.9. The van der Waals surface area contributed by atoms with Crippen molar-refractivity contribution in [2.75, 3.05) is 36.9 Å². The SMILES string of the molecule is CCN1C(=O)[C@@H](NC(=O)c2nccc(C(F)(F)F)n2)[C@H](c2cccc(NC(=O)C3=CCN(C)C3)c2)c2c(C)nn(-c3ccccc3)c21. The number of aryl methyl sites for hydroxylation is 1. The largest absolute Gasteiger partial charge is 0.433 e. The highest BCUT2D eigenvalue weighted by atomic mass is 19.4. The number of alkyl halides is 3. The zero-order chi connectivity index (χ0) is 33.5. The zero-order valence-electron chi connectivity index (χ0n) is 25.7. The molecule has 0 fully saturated rings. The molecule has 242 valence electrons. The fourth-order valence-electron chi connectivity index (χ4n) is 5.99. The molecule has 2 aromatic carbocycles. The number of fused-ring (bicyclic) bond motifs is 1. The number of amides is 3. The van der Waals surface area contributed by atoms with E-state index in [0.29, 0.717) is 58.7 Å². The molecular weight excluding hydrogens is 613 g/mol. The summed E-state index contributed by atoms with van der Waals surface area (Å²) in [7, 11) is 1.91. The Kier molecular flexibility index (Phi) is 8.36. The van der Waals surface area contributed by atoms with Gasteiger partial charge in [-0.25, -0.2) is 14.6 Å². The number of halogens is 3. The van der Waals surface area contributed by atoms with E-state index in [0.717, 1.165) is 6.20 Å². The van der Waals surface area contributed by atoms with Crippen molar-refractivity contribution in [3.8, 4) is 5.69 Å². The molecule has 14 heteroatoms. The molecule has 0 saturated heterocycles. The minimum atomic E-state index is -4.80. The van der Waals surface area contributed by atoms with Crippen LogP contribution in [0.2, 0.25) is 0 Å². The number of hydrogen-bond acceptors (Lipinski definition) is 7. The fourth-order valence-corrected chi connectivity index (χ4v) is 5.99. The van der Waals surface area contributed by atoms with Crippen LogP contribution in [0.4, 0.5) is 24.7 Å². The smallest absolute Gasteiger partial charge is 0.337 e. The first-order valence-electron chi connectivity index (χ1n) is 14.9. The van der Waals surface area contributed by atoms with Gasteiger partial charge in [0, 0.05) is 48.6 Å². The lowest BCUT2D eigenvalue weighted by atomic mass is 9.81. The van der Waals surface area contributed by atoms with Crippen LogP contribution in [-0.2, 0) is 15.8 Å². The van der Waals surface area contributed by atoms with Gasteiger partial charge in [-0.2, -0.15) is 18.3 Å². The average molecular weight is 645 g/mol. The second-order valence-corrected chi connectivity index (χ2v) is 11.4. The van der Waals surface area contributed by atoms with E-state index in [-0.39, 0.29) is 12.5 Å². The summed E-state index contributed by atoms with van der Waals surface area (Å²) in [5.74, 6) is -2.89. The summed E-state index contributed by atoms with van der Waals surface area (Å²) in [6.45, 7) is 4.94. The zero-order valence-corrected chi connectivity index (χ0v) is 25.7. The number of benzene rings is 2. The van der Waals surface area contributed by atoms with Gasteiger partial charge in [-0.05, 0) is 56.8 Å². The number of nitrogens with one attached hydrogen (secondary N) is 2. The highest BCUT2D eigenvalue weighted by Crippen LogP contribution is 2.44. The van der Waals surface area contributed by atoms with Gasteiger partial charge >= 0.3 is 6.18 Å². The summed E-state index contributed by atoms with van der Waals surface area (Å²) in [5, 5.41) is 10.4. The maximum atomic E-state index is 14.3. The van der Waals surface area contributed by atoms with Crippen LogP contribution in [0.5, 0.6) is 0 Å². The Hall–Kier alpha value is -5.37. The van der Waals surface area contributed by atoms with Crippen molar-refractivity contribution in [2.45, 2.75) is 32.0 Å². The van der Waals surface area contributed by atoms with Crippen LogP contribution in [-0.4, -0.2) is 75.1 Å². The molecule has 0 spiro atoms. The van der Waals surface area contributed by atoms with Gasteiger partial charge in [0.1, 0.15) is 17.6 Å². The normalized spacial score (nSPS) is 18.1. The highest BCUT2D eigenvalue weighted by Gasteiger charge is 2.46. The van der Waals surface area contributed by atoms with E-state index in [2.05, 4.69) is 20.6 Å². The molecule has 2 aromatic heterocycles. The van der Waals surface area contributed by atoms with Crippen LogP contribution >= 0.6 is 0 Å². The lowest BCUT2D eigenvalue weighted by Crippen LogP contribution is -2.55. The number of nitrogens with zero attached hydrogens (tertiary/aromatic N) is 6. The van der Waals surface area contributed by atoms with Gasteiger partial charge in [-0.15, -0.1) is 0 Å². The molecule has 0 unspecified atom stereocenters. The van der Waals surface area contributed by atoms with Crippen molar-refractivity contribution < 1.29 is 27.6 Å². The molecule has 4 aromatic rings. The van der Waals surface area contributed by atoms with Crippen molar-refractivity contribution in [3.63, 3.8) is 0 Å². The molecule has 4 heterocycles. The third-order valence-electron chi connectivity index (χ3n) is 8.15. The van der Waals surface area contributed by atoms with Crippen molar-refractivity contribution in [1.82, 2.24) is 30.0 Å². The molecule has 0 aliphatic carbocycles. The topological polar surface area (TPSA) is 125 Å². The number of carbonyl (C=O) groups is 3. The van der Waals surface area contributed by atoms with Gasteiger partial charge in [0.2, 0.25) is 5.82 Å². The molecule has 0 bridgehead atoms. The molecule has 3 amide bonds. The molecule has 6 rings (SSSR count). The summed E-state index contributed by atoms with van der Waals surface area (Å²) in [5.41, 5.74) is 2.28. The minimum absolute atomic E-state index is 0.211. The quantitative estimate of drug-likeness (QED) is 0.311. The fraction of sp³-hybridized carbons (Fsp3) is 0.273. The Bertz CT molecular complexity index is 1890. The van der Waals surface area contributed by atoms with E-state index in [1.54, 1.807) is 42.8 Å². The summed E-state index contributed by atoms with van der Waals surface area (Å²) < 4.78 is 41.9. The summed E-state index contributed by atoms with van der Waals surface area (Å²) in [4.78, 5) is 51.5. The predicted octanol–water partition coefficient (Wildman–Crippen LogP) is 4.10. The Morgan fingerprint density at radius 2 is 1.81 bits per heavy atom. The number of aromatic nitrogens is 4. The molecule has 47 heavy (non-hydrogen) atoms. The van der Waals surface area contributed by atoms with E-state index < -0.39 is 41.5 Å². The molecule has 2 aliphatic rings. The molecular formula is C33H31F3N8O3. The number of rotatable bonds is 7. The number of hydrogen-bond donors (Lipinski definition) is 2. The molecule has 11 nitrogen and oxygen atoms in total. The average Bonchev–Trinajstić information content (AvgIpc) is 3.64. The number of para-hydroxylation sites is 1. The number of likely N-dealkylation sites (N-methyl/N-ethyl adjacent to an activating group) is 2.